The van der Waals surface area contributed by atoms with E-state index in [0.717, 1.165) is 86.1 Å². The van der Waals surface area contributed by atoms with Gasteiger partial charge >= 0.3 is 0 Å². The summed E-state index contributed by atoms with van der Waals surface area (Å²) in [7, 11) is 0. The average molecular weight is 433 g/mol. The highest BCUT2D eigenvalue weighted by Gasteiger charge is 2.21. The van der Waals surface area contributed by atoms with Gasteiger partial charge in [0.05, 0.1) is 5.69 Å². The van der Waals surface area contributed by atoms with Crippen LogP contribution in [0.5, 0.6) is 0 Å². The number of hydrogen-bond acceptors (Lipinski definition) is 7. The average Bonchev–Trinajstić information content (AvgIpc) is 3.28. The van der Waals surface area contributed by atoms with Crippen LogP contribution in [-0.4, -0.2) is 52.3 Å². The van der Waals surface area contributed by atoms with Crippen molar-refractivity contribution < 1.29 is 4.79 Å². The van der Waals surface area contributed by atoms with E-state index in [0.29, 0.717) is 11.4 Å². The third-order valence-electron chi connectivity index (χ3n) is 6.01. The molecule has 0 bridgehead atoms. The van der Waals surface area contributed by atoms with E-state index in [2.05, 4.69) is 41.0 Å². The molecule has 0 radical (unpaired) electrons. The lowest BCUT2D eigenvalue weighted by Gasteiger charge is -2.29. The van der Waals surface area contributed by atoms with Crippen LogP contribution < -0.4 is 20.9 Å². The SMILES string of the molecule is Cc1nc2c(c(Nc3c[nH]nc3C(=O)Nc3ccc(N4CCNCC4)cc3)n1)CCCC2. The summed E-state index contributed by atoms with van der Waals surface area (Å²) in [6.07, 6.45) is 5.87. The maximum Gasteiger partial charge on any atom is 0.278 e. The summed E-state index contributed by atoms with van der Waals surface area (Å²) in [6.45, 7) is 5.85. The van der Waals surface area contributed by atoms with Crippen molar-refractivity contribution in [3.63, 3.8) is 0 Å². The van der Waals surface area contributed by atoms with Gasteiger partial charge in [-0.2, -0.15) is 5.10 Å². The Morgan fingerprint density at radius 3 is 2.66 bits per heavy atom. The van der Waals surface area contributed by atoms with Crippen molar-refractivity contribution in [3.8, 4) is 0 Å². The molecule has 9 nitrogen and oxygen atoms in total. The number of H-pyrrole nitrogens is 1. The van der Waals surface area contributed by atoms with Gasteiger partial charge in [0.25, 0.3) is 5.91 Å². The summed E-state index contributed by atoms with van der Waals surface area (Å²) in [5, 5.41) is 16.6. The van der Waals surface area contributed by atoms with Gasteiger partial charge in [0.15, 0.2) is 5.69 Å². The van der Waals surface area contributed by atoms with Gasteiger partial charge in [0.1, 0.15) is 11.6 Å². The zero-order valence-corrected chi connectivity index (χ0v) is 18.2. The molecule has 0 saturated carbocycles. The minimum absolute atomic E-state index is 0.275. The number of rotatable bonds is 5. The van der Waals surface area contributed by atoms with Gasteiger partial charge in [0.2, 0.25) is 0 Å². The first-order chi connectivity index (χ1) is 15.7. The molecule has 3 heterocycles. The van der Waals surface area contributed by atoms with Crippen molar-refractivity contribution in [1.82, 2.24) is 25.5 Å². The Bertz CT molecular complexity index is 1100. The molecule has 3 aromatic rings. The molecule has 1 fully saturated rings. The van der Waals surface area contributed by atoms with Crippen LogP contribution in [-0.2, 0) is 12.8 Å². The summed E-state index contributed by atoms with van der Waals surface area (Å²) in [4.78, 5) is 24.5. The second kappa shape index (κ2) is 8.96. The van der Waals surface area contributed by atoms with Gasteiger partial charge in [-0.3, -0.25) is 9.89 Å². The molecule has 166 valence electrons. The number of aromatic amines is 1. The Kier molecular flexibility index (Phi) is 5.72. The minimum atomic E-state index is -0.275. The van der Waals surface area contributed by atoms with Gasteiger partial charge in [-0.25, -0.2) is 9.97 Å². The fourth-order valence-corrected chi connectivity index (χ4v) is 4.38. The fraction of sp³-hybridized carbons (Fsp3) is 0.391. The van der Waals surface area contributed by atoms with Crippen molar-refractivity contribution in [2.45, 2.75) is 32.6 Å². The summed E-state index contributed by atoms with van der Waals surface area (Å²) in [5.74, 6) is 1.22. The van der Waals surface area contributed by atoms with Crippen LogP contribution in [0, 0.1) is 6.92 Å². The van der Waals surface area contributed by atoms with Gasteiger partial charge in [0, 0.05) is 55.0 Å². The Labute approximate surface area is 187 Å². The first kappa shape index (κ1) is 20.4. The van der Waals surface area contributed by atoms with E-state index in [1.165, 1.54) is 0 Å². The third-order valence-corrected chi connectivity index (χ3v) is 6.01. The van der Waals surface area contributed by atoms with Crippen LogP contribution in [0.1, 0.15) is 40.4 Å². The number of nitrogens with zero attached hydrogens (tertiary/aromatic N) is 4. The summed E-state index contributed by atoms with van der Waals surface area (Å²) < 4.78 is 0. The van der Waals surface area contributed by atoms with E-state index in [1.54, 1.807) is 6.20 Å². The highest BCUT2D eigenvalue weighted by molar-refractivity contribution is 6.06. The van der Waals surface area contributed by atoms with Crippen LogP contribution >= 0.6 is 0 Å². The summed E-state index contributed by atoms with van der Waals surface area (Å²) in [5.41, 5.74) is 5.04. The fourth-order valence-electron chi connectivity index (χ4n) is 4.38. The molecular formula is C23H28N8O. The number of carbonyl (C=O) groups excluding carboxylic acids is 1. The smallest absolute Gasteiger partial charge is 0.278 e. The second-order valence-electron chi connectivity index (χ2n) is 8.26. The Morgan fingerprint density at radius 2 is 1.84 bits per heavy atom. The molecule has 1 aliphatic carbocycles. The first-order valence-electron chi connectivity index (χ1n) is 11.2. The predicted molar refractivity (Wildman–Crippen MR) is 125 cm³/mol. The summed E-state index contributed by atoms with van der Waals surface area (Å²) >= 11 is 0. The highest BCUT2D eigenvalue weighted by Crippen LogP contribution is 2.29. The molecule has 2 aromatic heterocycles. The monoisotopic (exact) mass is 432 g/mol. The predicted octanol–water partition coefficient (Wildman–Crippen LogP) is 2.79. The first-order valence-corrected chi connectivity index (χ1v) is 11.2. The van der Waals surface area contributed by atoms with Crippen LogP contribution in [0.4, 0.5) is 22.9 Å². The van der Waals surface area contributed by atoms with E-state index >= 15 is 0 Å². The van der Waals surface area contributed by atoms with Crippen molar-refractivity contribution in [2.75, 3.05) is 41.7 Å². The number of amides is 1. The van der Waals surface area contributed by atoms with Crippen molar-refractivity contribution in [3.05, 3.63) is 53.2 Å². The van der Waals surface area contributed by atoms with E-state index in [-0.39, 0.29) is 5.91 Å². The topological polar surface area (TPSA) is 111 Å². The number of aromatic nitrogens is 4. The molecular weight excluding hydrogens is 404 g/mol. The molecule has 0 atom stereocenters. The number of anilines is 4. The highest BCUT2D eigenvalue weighted by atomic mass is 16.2. The standard InChI is InChI=1S/C23H28N8O/c1-15-26-19-5-3-2-4-18(19)22(27-15)29-20-14-25-30-21(20)23(32)28-16-6-8-17(9-7-16)31-12-10-24-11-13-31/h6-9,14,24H,2-5,10-13H2,1H3,(H,25,30)(H,28,32)(H,26,27,29). The zero-order valence-electron chi connectivity index (χ0n) is 18.2. The van der Waals surface area contributed by atoms with E-state index in [4.69, 9.17) is 0 Å². The lowest BCUT2D eigenvalue weighted by Crippen LogP contribution is -2.43. The number of piperazine rings is 1. The number of carbonyl (C=O) groups is 1. The second-order valence-corrected chi connectivity index (χ2v) is 8.26. The van der Waals surface area contributed by atoms with Crippen molar-refractivity contribution in [1.29, 1.82) is 0 Å². The summed E-state index contributed by atoms with van der Waals surface area (Å²) in [6, 6.07) is 7.94. The quantitative estimate of drug-likeness (QED) is 0.491. The number of fused-ring (bicyclic) bond motifs is 1. The van der Waals surface area contributed by atoms with Crippen LogP contribution in [0.3, 0.4) is 0 Å². The number of benzene rings is 1. The van der Waals surface area contributed by atoms with Crippen molar-refractivity contribution in [2.24, 2.45) is 0 Å². The molecule has 2 aliphatic rings. The van der Waals surface area contributed by atoms with Gasteiger partial charge in [-0.1, -0.05) is 0 Å². The van der Waals surface area contributed by atoms with E-state index in [9.17, 15) is 4.79 Å². The molecule has 1 aromatic carbocycles. The molecule has 0 spiro atoms. The molecule has 32 heavy (non-hydrogen) atoms. The maximum absolute atomic E-state index is 12.9. The van der Waals surface area contributed by atoms with Crippen LogP contribution in [0.25, 0.3) is 0 Å². The molecule has 1 aliphatic heterocycles. The van der Waals surface area contributed by atoms with Crippen molar-refractivity contribution >= 4 is 28.8 Å². The van der Waals surface area contributed by atoms with Crippen LogP contribution in [0.2, 0.25) is 0 Å². The lowest BCUT2D eigenvalue weighted by atomic mass is 9.96. The van der Waals surface area contributed by atoms with Gasteiger partial charge in [-0.15, -0.1) is 0 Å². The largest absolute Gasteiger partial charge is 0.369 e. The Morgan fingerprint density at radius 1 is 1.06 bits per heavy atom. The Hall–Kier alpha value is -3.46. The number of nitrogens with one attached hydrogen (secondary N) is 4. The molecule has 9 heteroatoms. The van der Waals surface area contributed by atoms with E-state index in [1.807, 2.05) is 31.2 Å². The van der Waals surface area contributed by atoms with E-state index < -0.39 is 0 Å². The molecule has 0 unspecified atom stereocenters. The molecule has 5 rings (SSSR count). The minimum Gasteiger partial charge on any atom is -0.369 e. The molecule has 4 N–H and O–H groups in total. The van der Waals surface area contributed by atoms with Gasteiger partial charge < -0.3 is 20.9 Å². The van der Waals surface area contributed by atoms with Gasteiger partial charge in [-0.05, 0) is 56.9 Å². The zero-order chi connectivity index (χ0) is 21.9. The Balaban J connectivity index is 1.30. The normalized spacial score (nSPS) is 15.8. The molecule has 1 saturated heterocycles. The van der Waals surface area contributed by atoms with Crippen LogP contribution in [0.15, 0.2) is 30.5 Å². The number of hydrogen-bond donors (Lipinski definition) is 4. The maximum atomic E-state index is 12.9. The molecule has 1 amide bonds. The lowest BCUT2D eigenvalue weighted by molar-refractivity contribution is 0.102. The number of aryl methyl sites for hydroxylation is 2. The third kappa shape index (κ3) is 4.29.